The predicted molar refractivity (Wildman–Crippen MR) is 66.3 cm³/mol. The van der Waals surface area contributed by atoms with E-state index in [1.165, 1.54) is 6.92 Å². The smallest absolute Gasteiger partial charge is 0.345 e. The first-order valence-corrected chi connectivity index (χ1v) is 5.62. The van der Waals surface area contributed by atoms with E-state index in [0.29, 0.717) is 11.3 Å². The molecule has 0 bridgehead atoms. The summed E-state index contributed by atoms with van der Waals surface area (Å²) < 4.78 is 10.8. The van der Waals surface area contributed by atoms with E-state index in [0.717, 1.165) is 5.56 Å². The Kier molecular flexibility index (Phi) is 2.95. The lowest BCUT2D eigenvalue weighted by Gasteiger charge is -2.34. The molecule has 1 aliphatic rings. The average molecular weight is 246 g/mol. The van der Waals surface area contributed by atoms with Gasteiger partial charge in [0.1, 0.15) is 17.1 Å². The second-order valence-electron chi connectivity index (χ2n) is 4.46. The van der Waals surface area contributed by atoms with Crippen molar-refractivity contribution in [1.82, 2.24) is 0 Å². The van der Waals surface area contributed by atoms with E-state index in [9.17, 15) is 9.59 Å². The number of hydrogen-bond acceptors (Lipinski definition) is 4. The topological polar surface area (TPSA) is 52.6 Å². The summed E-state index contributed by atoms with van der Waals surface area (Å²) in [7, 11) is 0. The number of cyclic esters (lactones) is 1. The zero-order valence-electron chi connectivity index (χ0n) is 10.4. The molecule has 94 valence electrons. The lowest BCUT2D eigenvalue weighted by atomic mass is 10.1. The van der Waals surface area contributed by atoms with Crippen LogP contribution in [0.2, 0.25) is 0 Å². The van der Waals surface area contributed by atoms with Crippen LogP contribution in [0.3, 0.4) is 0 Å². The standard InChI is InChI=1S/C14H14O4/c1-4-10-5-6-12-11(7-10)13(16)18-14(3,17-12)8-9(2)15/h4-7H,1,8H2,2-3H3. The Bertz CT molecular complexity index is 533. The number of ketones is 1. The number of carbonyl (C=O) groups is 2. The van der Waals surface area contributed by atoms with E-state index >= 15 is 0 Å². The Labute approximate surface area is 105 Å². The van der Waals surface area contributed by atoms with Crippen molar-refractivity contribution in [2.75, 3.05) is 0 Å². The lowest BCUT2D eigenvalue weighted by molar-refractivity contribution is -0.155. The number of benzene rings is 1. The summed E-state index contributed by atoms with van der Waals surface area (Å²) in [6, 6.07) is 5.13. The molecule has 0 saturated carbocycles. The maximum absolute atomic E-state index is 11.9. The molecule has 1 aromatic carbocycles. The Morgan fingerprint density at radius 1 is 1.44 bits per heavy atom. The van der Waals surface area contributed by atoms with Gasteiger partial charge in [-0.15, -0.1) is 0 Å². The summed E-state index contributed by atoms with van der Waals surface area (Å²) in [5, 5.41) is 0. The molecule has 0 spiro atoms. The number of rotatable bonds is 3. The largest absolute Gasteiger partial charge is 0.451 e. The predicted octanol–water partition coefficient (Wildman–Crippen LogP) is 2.57. The zero-order valence-corrected chi connectivity index (χ0v) is 10.4. The number of hydrogen-bond donors (Lipinski definition) is 0. The van der Waals surface area contributed by atoms with Gasteiger partial charge in [0, 0.05) is 6.92 Å². The fraction of sp³-hybridized carbons (Fsp3) is 0.286. The monoisotopic (exact) mass is 246 g/mol. The third-order valence-electron chi connectivity index (χ3n) is 2.66. The summed E-state index contributed by atoms with van der Waals surface area (Å²) in [5.74, 6) is -1.37. The van der Waals surface area contributed by atoms with Gasteiger partial charge in [0.15, 0.2) is 0 Å². The molecule has 4 heteroatoms. The number of ether oxygens (including phenoxy) is 2. The van der Waals surface area contributed by atoms with Crippen molar-refractivity contribution in [2.45, 2.75) is 26.1 Å². The summed E-state index contributed by atoms with van der Waals surface area (Å²) in [6.45, 7) is 6.64. The molecule has 1 aromatic rings. The van der Waals surface area contributed by atoms with Crippen LogP contribution >= 0.6 is 0 Å². The molecule has 1 heterocycles. The summed E-state index contributed by atoms with van der Waals surface area (Å²) in [5.41, 5.74) is 1.16. The van der Waals surface area contributed by atoms with Crippen LogP contribution in [0.4, 0.5) is 0 Å². The molecule has 1 aliphatic heterocycles. The first-order chi connectivity index (χ1) is 8.43. The SMILES string of the molecule is C=Cc1ccc2c(c1)C(=O)OC(C)(CC(C)=O)O2. The molecule has 0 N–H and O–H groups in total. The van der Waals surface area contributed by atoms with Crippen molar-refractivity contribution < 1.29 is 19.1 Å². The van der Waals surface area contributed by atoms with E-state index in [1.807, 2.05) is 0 Å². The Morgan fingerprint density at radius 3 is 2.78 bits per heavy atom. The van der Waals surface area contributed by atoms with Gasteiger partial charge in [0.25, 0.3) is 5.79 Å². The Balaban J connectivity index is 2.37. The maximum atomic E-state index is 11.9. The van der Waals surface area contributed by atoms with Gasteiger partial charge in [-0.1, -0.05) is 18.7 Å². The van der Waals surface area contributed by atoms with Crippen LogP contribution < -0.4 is 4.74 Å². The highest BCUT2D eigenvalue weighted by atomic mass is 16.7. The average Bonchev–Trinajstić information content (AvgIpc) is 2.26. The summed E-state index contributed by atoms with van der Waals surface area (Å²) in [4.78, 5) is 23.1. The molecule has 0 amide bonds. The van der Waals surface area contributed by atoms with Crippen LogP contribution in [0.25, 0.3) is 6.08 Å². The fourth-order valence-corrected chi connectivity index (χ4v) is 1.95. The highest BCUT2D eigenvalue weighted by Crippen LogP contribution is 2.33. The van der Waals surface area contributed by atoms with Gasteiger partial charge in [0.2, 0.25) is 0 Å². The van der Waals surface area contributed by atoms with Crippen LogP contribution in [-0.2, 0) is 9.53 Å². The van der Waals surface area contributed by atoms with E-state index in [1.54, 1.807) is 31.2 Å². The Hall–Kier alpha value is -2.10. The van der Waals surface area contributed by atoms with E-state index < -0.39 is 11.8 Å². The molecule has 4 nitrogen and oxygen atoms in total. The third-order valence-corrected chi connectivity index (χ3v) is 2.66. The van der Waals surface area contributed by atoms with Crippen LogP contribution in [0.15, 0.2) is 24.8 Å². The first-order valence-electron chi connectivity index (χ1n) is 5.62. The fourth-order valence-electron chi connectivity index (χ4n) is 1.95. The quantitative estimate of drug-likeness (QED) is 0.769. The number of esters is 1. The third kappa shape index (κ3) is 2.27. The van der Waals surface area contributed by atoms with Gasteiger partial charge in [0.05, 0.1) is 6.42 Å². The maximum Gasteiger partial charge on any atom is 0.345 e. The molecule has 0 fully saturated rings. The number of Topliss-reactive ketones (excluding diaryl/α,β-unsaturated/α-hetero) is 1. The van der Waals surface area contributed by atoms with Crippen molar-refractivity contribution in [3.8, 4) is 5.75 Å². The van der Waals surface area contributed by atoms with Crippen LogP contribution in [0, 0.1) is 0 Å². The molecule has 0 aliphatic carbocycles. The van der Waals surface area contributed by atoms with Crippen LogP contribution in [0.1, 0.15) is 36.2 Å². The molecule has 1 atom stereocenters. The van der Waals surface area contributed by atoms with Crippen molar-refractivity contribution in [3.63, 3.8) is 0 Å². The molecular formula is C14H14O4. The molecule has 1 unspecified atom stereocenters. The van der Waals surface area contributed by atoms with Crippen molar-refractivity contribution >= 4 is 17.8 Å². The first kappa shape index (κ1) is 12.4. The molecule has 0 aromatic heterocycles. The van der Waals surface area contributed by atoms with Crippen LogP contribution in [-0.4, -0.2) is 17.5 Å². The minimum atomic E-state index is -1.22. The Morgan fingerprint density at radius 2 is 2.17 bits per heavy atom. The molecular weight excluding hydrogens is 232 g/mol. The minimum absolute atomic E-state index is 0.0292. The second kappa shape index (κ2) is 4.29. The second-order valence-corrected chi connectivity index (χ2v) is 4.46. The van der Waals surface area contributed by atoms with E-state index in [4.69, 9.17) is 9.47 Å². The lowest BCUT2D eigenvalue weighted by Crippen LogP contribution is -2.43. The minimum Gasteiger partial charge on any atom is -0.451 e. The zero-order chi connectivity index (χ0) is 13.3. The van der Waals surface area contributed by atoms with Crippen molar-refractivity contribution in [3.05, 3.63) is 35.9 Å². The van der Waals surface area contributed by atoms with Gasteiger partial charge in [-0.05, 0) is 24.6 Å². The number of carbonyl (C=O) groups excluding carboxylic acids is 2. The number of fused-ring (bicyclic) bond motifs is 1. The van der Waals surface area contributed by atoms with Crippen molar-refractivity contribution in [2.24, 2.45) is 0 Å². The van der Waals surface area contributed by atoms with Gasteiger partial charge >= 0.3 is 5.97 Å². The summed E-state index contributed by atoms with van der Waals surface area (Å²) in [6.07, 6.45) is 1.67. The summed E-state index contributed by atoms with van der Waals surface area (Å²) >= 11 is 0. The van der Waals surface area contributed by atoms with Gasteiger partial charge in [-0.2, -0.15) is 0 Å². The molecule has 2 rings (SSSR count). The van der Waals surface area contributed by atoms with Gasteiger partial charge in [-0.3, -0.25) is 4.79 Å². The normalized spacial score (nSPS) is 21.6. The molecule has 0 radical (unpaired) electrons. The van der Waals surface area contributed by atoms with Crippen molar-refractivity contribution in [1.29, 1.82) is 0 Å². The highest BCUT2D eigenvalue weighted by molar-refractivity contribution is 5.94. The van der Waals surface area contributed by atoms with E-state index in [-0.39, 0.29) is 12.2 Å². The molecule has 0 saturated heterocycles. The van der Waals surface area contributed by atoms with Gasteiger partial charge in [-0.25, -0.2) is 4.79 Å². The van der Waals surface area contributed by atoms with Gasteiger partial charge < -0.3 is 9.47 Å². The molecule has 18 heavy (non-hydrogen) atoms. The van der Waals surface area contributed by atoms with Crippen LogP contribution in [0.5, 0.6) is 5.75 Å². The van der Waals surface area contributed by atoms with E-state index in [2.05, 4.69) is 6.58 Å². The highest BCUT2D eigenvalue weighted by Gasteiger charge is 2.39.